The van der Waals surface area contributed by atoms with Crippen molar-refractivity contribution >= 4 is 70.5 Å². The second-order valence-electron chi connectivity index (χ2n) is 16.5. The molecule has 0 N–H and O–H groups in total. The van der Waals surface area contributed by atoms with Crippen molar-refractivity contribution in [1.29, 1.82) is 0 Å². The van der Waals surface area contributed by atoms with Gasteiger partial charge in [-0.3, -0.25) is 0 Å². The first-order chi connectivity index (χ1) is 29.5. The van der Waals surface area contributed by atoms with Crippen LogP contribution in [0.2, 0.25) is 0 Å². The Morgan fingerprint density at radius 1 is 0.367 bits per heavy atom. The normalized spacial score (nSPS) is 13.0. The van der Waals surface area contributed by atoms with Crippen molar-refractivity contribution in [2.24, 2.45) is 0 Å². The highest BCUT2D eigenvalue weighted by molar-refractivity contribution is 7.25. The van der Waals surface area contributed by atoms with E-state index in [4.69, 9.17) is 4.42 Å². The summed E-state index contributed by atoms with van der Waals surface area (Å²) in [6.45, 7) is 4.71. The van der Waals surface area contributed by atoms with E-state index in [0.717, 1.165) is 39.0 Å². The predicted octanol–water partition coefficient (Wildman–Crippen LogP) is 16.7. The van der Waals surface area contributed by atoms with Gasteiger partial charge in [-0.25, -0.2) is 0 Å². The molecule has 60 heavy (non-hydrogen) atoms. The van der Waals surface area contributed by atoms with Crippen LogP contribution in [-0.2, 0) is 5.41 Å². The van der Waals surface area contributed by atoms with Crippen molar-refractivity contribution < 1.29 is 4.42 Å². The molecular formula is C57H39NOS. The summed E-state index contributed by atoms with van der Waals surface area (Å²) in [7, 11) is 0. The maximum absolute atomic E-state index is 6.26. The third kappa shape index (κ3) is 5.47. The molecule has 0 radical (unpaired) electrons. The van der Waals surface area contributed by atoms with Gasteiger partial charge in [-0.1, -0.05) is 141 Å². The fourth-order valence-electron chi connectivity index (χ4n) is 9.64. The topological polar surface area (TPSA) is 16.4 Å². The number of fused-ring (bicyclic) bond motifs is 9. The number of furan rings is 1. The van der Waals surface area contributed by atoms with E-state index in [1.807, 2.05) is 17.4 Å². The summed E-state index contributed by atoms with van der Waals surface area (Å²) >= 11 is 1.86. The van der Waals surface area contributed by atoms with Crippen molar-refractivity contribution in [1.82, 2.24) is 0 Å². The number of thiophene rings is 1. The molecule has 3 heteroatoms. The van der Waals surface area contributed by atoms with Gasteiger partial charge in [0.15, 0.2) is 0 Å². The van der Waals surface area contributed by atoms with Crippen LogP contribution in [-0.4, -0.2) is 0 Å². The second-order valence-corrected chi connectivity index (χ2v) is 17.6. The molecule has 0 fully saturated rings. The van der Waals surface area contributed by atoms with Crippen LogP contribution in [0, 0.1) is 0 Å². The lowest BCUT2D eigenvalue weighted by atomic mass is 9.82. The largest absolute Gasteiger partial charge is 0.456 e. The average molecular weight is 786 g/mol. The molecule has 2 heterocycles. The third-order valence-electron chi connectivity index (χ3n) is 12.7. The van der Waals surface area contributed by atoms with Crippen molar-refractivity contribution in [2.45, 2.75) is 19.3 Å². The zero-order valence-corrected chi connectivity index (χ0v) is 34.1. The van der Waals surface area contributed by atoms with Crippen LogP contribution >= 0.6 is 11.3 Å². The molecule has 0 unspecified atom stereocenters. The van der Waals surface area contributed by atoms with E-state index in [0.29, 0.717) is 0 Å². The van der Waals surface area contributed by atoms with Crippen molar-refractivity contribution in [3.05, 3.63) is 211 Å². The van der Waals surface area contributed by atoms with Gasteiger partial charge in [-0.2, -0.15) is 0 Å². The van der Waals surface area contributed by atoms with Gasteiger partial charge in [-0.15, -0.1) is 11.3 Å². The number of hydrogen-bond acceptors (Lipinski definition) is 3. The molecule has 0 aliphatic heterocycles. The molecule has 0 spiro atoms. The molecule has 0 bridgehead atoms. The number of hydrogen-bond donors (Lipinski definition) is 0. The van der Waals surface area contributed by atoms with E-state index < -0.39 is 0 Å². The Balaban J connectivity index is 1.01. The molecular weight excluding hydrogens is 747 g/mol. The quantitative estimate of drug-likeness (QED) is 0.167. The van der Waals surface area contributed by atoms with Gasteiger partial charge in [0.1, 0.15) is 11.2 Å². The van der Waals surface area contributed by atoms with Gasteiger partial charge in [0.05, 0.1) is 0 Å². The van der Waals surface area contributed by atoms with Crippen LogP contribution in [0.15, 0.2) is 205 Å². The summed E-state index contributed by atoms with van der Waals surface area (Å²) < 4.78 is 8.85. The molecule has 11 aromatic rings. The number of rotatable bonds is 6. The molecule has 1 aliphatic rings. The Labute approximate surface area is 353 Å². The monoisotopic (exact) mass is 785 g/mol. The van der Waals surface area contributed by atoms with Gasteiger partial charge in [0, 0.05) is 53.4 Å². The van der Waals surface area contributed by atoms with Crippen LogP contribution in [0.25, 0.3) is 86.6 Å². The van der Waals surface area contributed by atoms with Crippen molar-refractivity contribution in [3.8, 4) is 44.5 Å². The highest BCUT2D eigenvalue weighted by atomic mass is 32.1. The van der Waals surface area contributed by atoms with Crippen LogP contribution < -0.4 is 4.90 Å². The fourth-order valence-corrected chi connectivity index (χ4v) is 10.8. The summed E-state index contributed by atoms with van der Waals surface area (Å²) in [6.07, 6.45) is 0. The van der Waals surface area contributed by atoms with Gasteiger partial charge in [-0.05, 0) is 128 Å². The molecule has 2 aromatic heterocycles. The molecule has 284 valence electrons. The minimum Gasteiger partial charge on any atom is -0.456 e. The van der Waals surface area contributed by atoms with E-state index in [1.54, 1.807) is 0 Å². The van der Waals surface area contributed by atoms with Crippen molar-refractivity contribution in [3.63, 3.8) is 0 Å². The molecule has 2 nitrogen and oxygen atoms in total. The van der Waals surface area contributed by atoms with E-state index in [2.05, 4.69) is 213 Å². The number of para-hydroxylation sites is 1. The Hall–Kier alpha value is -7.20. The smallest absolute Gasteiger partial charge is 0.135 e. The Kier molecular flexibility index (Phi) is 7.79. The zero-order valence-electron chi connectivity index (χ0n) is 33.3. The van der Waals surface area contributed by atoms with Gasteiger partial charge in [0.25, 0.3) is 0 Å². The Morgan fingerprint density at radius 3 is 1.78 bits per heavy atom. The molecule has 0 saturated heterocycles. The molecule has 0 atom stereocenters. The Morgan fingerprint density at radius 2 is 0.967 bits per heavy atom. The van der Waals surface area contributed by atoms with Gasteiger partial charge < -0.3 is 9.32 Å². The zero-order chi connectivity index (χ0) is 40.0. The van der Waals surface area contributed by atoms with Crippen LogP contribution in [0.3, 0.4) is 0 Å². The first-order valence-corrected chi connectivity index (χ1v) is 21.5. The summed E-state index contributed by atoms with van der Waals surface area (Å²) in [5.41, 5.74) is 17.6. The first-order valence-electron chi connectivity index (χ1n) is 20.7. The standard InChI is InChI=1S/C57H39NOS/c1-57(2)51-17-9-6-14-43(51)44-30-29-42(33-52(44)57)58(40-25-20-37(21-26-40)36-12-4-3-5-13-36)41-27-22-38(23-28-41)48-35-56-50(46-16-8-11-19-55(46)60-56)34-47(48)39-24-31-54-49(32-39)45-15-7-10-18-53(45)59-54/h3-35H,1-2H3. The van der Waals surface area contributed by atoms with E-state index in [1.165, 1.54) is 75.8 Å². The summed E-state index contributed by atoms with van der Waals surface area (Å²) in [5, 5.41) is 4.85. The first kappa shape index (κ1) is 34.8. The molecule has 0 amide bonds. The minimum absolute atomic E-state index is 0.109. The maximum Gasteiger partial charge on any atom is 0.135 e. The number of benzene rings is 9. The minimum atomic E-state index is -0.109. The van der Waals surface area contributed by atoms with E-state index >= 15 is 0 Å². The SMILES string of the molecule is CC1(C)c2ccccc2-c2ccc(N(c3ccc(-c4ccccc4)cc3)c3ccc(-c4cc5sc6ccccc6c5cc4-c4ccc5oc6ccccc6c5c4)cc3)cc21. The van der Waals surface area contributed by atoms with Gasteiger partial charge in [0.2, 0.25) is 0 Å². The predicted molar refractivity (Wildman–Crippen MR) is 255 cm³/mol. The lowest BCUT2D eigenvalue weighted by Crippen LogP contribution is -2.16. The third-order valence-corrected chi connectivity index (χ3v) is 13.8. The molecule has 9 aromatic carbocycles. The summed E-state index contributed by atoms with van der Waals surface area (Å²) in [5.74, 6) is 0. The number of anilines is 3. The molecule has 1 aliphatic carbocycles. The summed E-state index contributed by atoms with van der Waals surface area (Å²) in [6, 6.07) is 73.3. The van der Waals surface area contributed by atoms with Crippen LogP contribution in [0.5, 0.6) is 0 Å². The van der Waals surface area contributed by atoms with Crippen molar-refractivity contribution in [2.75, 3.05) is 4.90 Å². The van der Waals surface area contributed by atoms with Crippen LogP contribution in [0.4, 0.5) is 17.1 Å². The highest BCUT2D eigenvalue weighted by Crippen LogP contribution is 2.51. The Bertz CT molecular complexity index is 3440. The lowest BCUT2D eigenvalue weighted by Gasteiger charge is -2.28. The molecule has 12 rings (SSSR count). The lowest BCUT2D eigenvalue weighted by molar-refractivity contribution is 0.660. The average Bonchev–Trinajstić information content (AvgIpc) is 3.93. The van der Waals surface area contributed by atoms with E-state index in [9.17, 15) is 0 Å². The highest BCUT2D eigenvalue weighted by Gasteiger charge is 2.35. The fraction of sp³-hybridized carbons (Fsp3) is 0.0526. The van der Waals surface area contributed by atoms with Gasteiger partial charge >= 0.3 is 0 Å². The summed E-state index contributed by atoms with van der Waals surface area (Å²) in [4.78, 5) is 2.41. The van der Waals surface area contributed by atoms with E-state index in [-0.39, 0.29) is 5.41 Å². The van der Waals surface area contributed by atoms with Crippen LogP contribution in [0.1, 0.15) is 25.0 Å². The second kappa shape index (κ2) is 13.4. The molecule has 0 saturated carbocycles. The number of nitrogens with zero attached hydrogens (tertiary/aromatic N) is 1. The maximum atomic E-state index is 6.26.